The number of anilines is 1. The maximum atomic E-state index is 14.2. The van der Waals surface area contributed by atoms with Crippen LogP contribution in [0.15, 0.2) is 89.8 Å². The number of urea groups is 1. The van der Waals surface area contributed by atoms with Gasteiger partial charge in [-0.05, 0) is 79.9 Å². The van der Waals surface area contributed by atoms with E-state index in [-0.39, 0.29) is 42.5 Å². The van der Waals surface area contributed by atoms with Gasteiger partial charge in [-0.15, -0.1) is 0 Å². The molecule has 9 heteroatoms. The molecule has 0 radical (unpaired) electrons. The lowest BCUT2D eigenvalue weighted by molar-refractivity contribution is -0.134. The highest BCUT2D eigenvalue weighted by atomic mass is 32.2. The molecule has 2 unspecified atom stereocenters. The first-order chi connectivity index (χ1) is 21.4. The molecule has 0 spiro atoms. The van der Waals surface area contributed by atoms with Gasteiger partial charge in [0.2, 0.25) is 15.9 Å². The lowest BCUT2D eigenvalue weighted by Gasteiger charge is -2.42. The number of benzene rings is 4. The fraction of sp³-hybridized carbons (Fsp3) is 0.389. The van der Waals surface area contributed by atoms with Crippen molar-refractivity contribution in [3.8, 4) is 0 Å². The number of carbonyl (C=O) groups excluding carboxylic acids is 2. The summed E-state index contributed by atoms with van der Waals surface area (Å²) in [6.07, 6.45) is 2.39. The van der Waals surface area contributed by atoms with Crippen molar-refractivity contribution >= 4 is 49.2 Å². The smallest absolute Gasteiger partial charge is 0.323 e. The number of sulfonamides is 1. The van der Waals surface area contributed by atoms with Gasteiger partial charge in [0, 0.05) is 36.9 Å². The first-order valence-corrected chi connectivity index (χ1v) is 17.2. The molecule has 1 heterocycles. The molecule has 0 bridgehead atoms. The molecule has 5 rings (SSSR count). The Labute approximate surface area is 267 Å². The Kier molecular flexibility index (Phi) is 9.51. The minimum atomic E-state index is -3.80. The van der Waals surface area contributed by atoms with Crippen molar-refractivity contribution in [3.05, 3.63) is 84.9 Å². The van der Waals surface area contributed by atoms with E-state index in [4.69, 9.17) is 0 Å². The number of hydrogen-bond acceptors (Lipinski definition) is 4. The van der Waals surface area contributed by atoms with Gasteiger partial charge in [-0.25, -0.2) is 13.2 Å². The number of amides is 3. The molecule has 2 atom stereocenters. The summed E-state index contributed by atoms with van der Waals surface area (Å²) in [5.41, 5.74) is 0.111. The molecule has 3 amide bonds. The highest BCUT2D eigenvalue weighted by Crippen LogP contribution is 2.29. The first kappa shape index (κ1) is 32.4. The fourth-order valence-electron chi connectivity index (χ4n) is 6.09. The highest BCUT2D eigenvalue weighted by molar-refractivity contribution is 7.89. The van der Waals surface area contributed by atoms with Crippen LogP contribution in [0.2, 0.25) is 0 Å². The average molecular weight is 629 g/mol. The minimum Gasteiger partial charge on any atom is -0.338 e. The molecule has 4 aromatic carbocycles. The number of piperazine rings is 1. The van der Waals surface area contributed by atoms with Crippen LogP contribution >= 0.6 is 0 Å². The van der Waals surface area contributed by atoms with Gasteiger partial charge in [0.15, 0.2) is 0 Å². The molecule has 0 saturated carbocycles. The molecular weight excluding hydrogens is 584 g/mol. The van der Waals surface area contributed by atoms with Gasteiger partial charge in [0.05, 0.1) is 4.90 Å². The van der Waals surface area contributed by atoms with E-state index in [1.807, 2.05) is 93.6 Å². The Morgan fingerprint density at radius 1 is 0.889 bits per heavy atom. The van der Waals surface area contributed by atoms with E-state index >= 15 is 0 Å². The van der Waals surface area contributed by atoms with E-state index in [0.29, 0.717) is 12.1 Å². The molecule has 1 aliphatic heterocycles. The number of nitrogens with one attached hydrogen (secondary N) is 1. The largest absolute Gasteiger partial charge is 0.338 e. The SMILES string of the molecule is CCCCC1CN(C(=O)C(C)N(C(=O)NC(C)(C)C)c2ccc3ccccc3c2)CCN1S(=O)(=O)c1ccc2ccccc2c1. The predicted molar refractivity (Wildman–Crippen MR) is 182 cm³/mol. The van der Waals surface area contributed by atoms with E-state index in [2.05, 4.69) is 12.2 Å². The number of rotatable bonds is 8. The van der Waals surface area contributed by atoms with E-state index in [0.717, 1.165) is 34.4 Å². The highest BCUT2D eigenvalue weighted by Gasteiger charge is 2.40. The zero-order valence-corrected chi connectivity index (χ0v) is 27.7. The molecule has 8 nitrogen and oxygen atoms in total. The molecule has 4 aromatic rings. The van der Waals surface area contributed by atoms with E-state index in [9.17, 15) is 18.0 Å². The Hall–Kier alpha value is -3.95. The third kappa shape index (κ3) is 7.15. The first-order valence-electron chi connectivity index (χ1n) is 15.8. The van der Waals surface area contributed by atoms with Crippen molar-refractivity contribution in [2.75, 3.05) is 24.5 Å². The monoisotopic (exact) mass is 628 g/mol. The van der Waals surface area contributed by atoms with Crippen LogP contribution in [0.4, 0.5) is 10.5 Å². The second kappa shape index (κ2) is 13.2. The molecule has 1 fully saturated rings. The van der Waals surface area contributed by atoms with Crippen LogP contribution < -0.4 is 10.2 Å². The Balaban J connectivity index is 1.42. The van der Waals surface area contributed by atoms with Crippen molar-refractivity contribution in [2.45, 2.75) is 76.4 Å². The second-order valence-electron chi connectivity index (χ2n) is 13.0. The average Bonchev–Trinajstić information content (AvgIpc) is 3.02. The third-order valence-electron chi connectivity index (χ3n) is 8.42. The summed E-state index contributed by atoms with van der Waals surface area (Å²) in [5, 5.41) is 6.89. The van der Waals surface area contributed by atoms with Crippen LogP contribution in [0, 0.1) is 0 Å². The fourth-order valence-corrected chi connectivity index (χ4v) is 7.77. The van der Waals surface area contributed by atoms with E-state index in [1.165, 1.54) is 4.90 Å². The zero-order chi connectivity index (χ0) is 32.4. The Morgan fingerprint density at radius 2 is 1.49 bits per heavy atom. The Bertz CT molecular complexity index is 1800. The number of unbranched alkanes of at least 4 members (excludes halogenated alkanes) is 1. The standard InChI is InChI=1S/C36H44N4O4S/c1-6-7-16-32-25-38(21-22-39(32)45(43,44)33-20-18-28-13-9-11-15-30(28)24-33)34(41)26(2)40(35(42)37-36(3,4)5)31-19-17-27-12-8-10-14-29(27)23-31/h8-15,17-20,23-24,26,32H,6-7,16,21-22,25H2,1-5H3,(H,37,42). The summed E-state index contributed by atoms with van der Waals surface area (Å²) in [6, 6.07) is 25.1. The van der Waals surface area contributed by atoms with Gasteiger partial charge in [0.1, 0.15) is 6.04 Å². The topological polar surface area (TPSA) is 90.0 Å². The molecule has 1 saturated heterocycles. The number of hydrogen-bond donors (Lipinski definition) is 1. The quantitative estimate of drug-likeness (QED) is 0.233. The summed E-state index contributed by atoms with van der Waals surface area (Å²) in [7, 11) is -3.80. The van der Waals surface area contributed by atoms with E-state index < -0.39 is 21.6 Å². The van der Waals surface area contributed by atoms with E-state index in [1.54, 1.807) is 28.3 Å². The lowest BCUT2D eigenvalue weighted by Crippen LogP contribution is -2.61. The molecule has 45 heavy (non-hydrogen) atoms. The van der Waals surface area contributed by atoms with Crippen molar-refractivity contribution in [1.82, 2.24) is 14.5 Å². The van der Waals surface area contributed by atoms with Crippen molar-refractivity contribution < 1.29 is 18.0 Å². The van der Waals surface area contributed by atoms with Gasteiger partial charge in [-0.3, -0.25) is 9.69 Å². The lowest BCUT2D eigenvalue weighted by atomic mass is 10.1. The normalized spacial score (nSPS) is 16.9. The summed E-state index contributed by atoms with van der Waals surface area (Å²) >= 11 is 0. The maximum absolute atomic E-state index is 14.2. The second-order valence-corrected chi connectivity index (χ2v) is 14.9. The number of nitrogens with zero attached hydrogens (tertiary/aromatic N) is 3. The van der Waals surface area contributed by atoms with Gasteiger partial charge < -0.3 is 10.2 Å². The van der Waals surface area contributed by atoms with Crippen molar-refractivity contribution in [3.63, 3.8) is 0 Å². The Morgan fingerprint density at radius 3 is 2.11 bits per heavy atom. The van der Waals surface area contributed by atoms with Crippen LogP contribution in [-0.2, 0) is 14.8 Å². The van der Waals surface area contributed by atoms with Crippen LogP contribution in [0.5, 0.6) is 0 Å². The summed E-state index contributed by atoms with van der Waals surface area (Å²) in [6.45, 7) is 10.2. The summed E-state index contributed by atoms with van der Waals surface area (Å²) in [4.78, 5) is 31.4. The zero-order valence-electron chi connectivity index (χ0n) is 26.9. The van der Waals surface area contributed by atoms with Crippen LogP contribution in [0.3, 0.4) is 0 Å². The van der Waals surface area contributed by atoms with Gasteiger partial charge in [-0.1, -0.05) is 80.4 Å². The maximum Gasteiger partial charge on any atom is 0.323 e. The molecule has 1 aliphatic rings. The molecule has 0 aromatic heterocycles. The molecule has 238 valence electrons. The van der Waals surface area contributed by atoms with Crippen LogP contribution in [0.25, 0.3) is 21.5 Å². The van der Waals surface area contributed by atoms with Crippen LogP contribution in [0.1, 0.15) is 53.9 Å². The van der Waals surface area contributed by atoms with Gasteiger partial charge in [-0.2, -0.15) is 4.31 Å². The van der Waals surface area contributed by atoms with Gasteiger partial charge >= 0.3 is 6.03 Å². The predicted octanol–water partition coefficient (Wildman–Crippen LogP) is 6.79. The summed E-state index contributed by atoms with van der Waals surface area (Å²) < 4.78 is 29.6. The number of fused-ring (bicyclic) bond motifs is 2. The molecular formula is C36H44N4O4S. The van der Waals surface area contributed by atoms with Gasteiger partial charge in [0.25, 0.3) is 0 Å². The van der Waals surface area contributed by atoms with Crippen molar-refractivity contribution in [2.24, 2.45) is 0 Å². The number of carbonyl (C=O) groups is 2. The summed E-state index contributed by atoms with van der Waals surface area (Å²) in [5.74, 6) is -0.212. The van der Waals surface area contributed by atoms with Crippen molar-refractivity contribution in [1.29, 1.82) is 0 Å². The molecule has 1 N–H and O–H groups in total. The third-order valence-corrected chi connectivity index (χ3v) is 10.4. The van der Waals surface area contributed by atoms with Crippen LogP contribution in [-0.4, -0.2) is 66.8 Å². The minimum absolute atomic E-state index is 0.187. The molecule has 0 aliphatic carbocycles.